The van der Waals surface area contributed by atoms with E-state index >= 15 is 0 Å². The predicted molar refractivity (Wildman–Crippen MR) is 96.8 cm³/mol. The maximum absolute atomic E-state index is 12.5. The Hall–Kier alpha value is -0.970. The first-order chi connectivity index (χ1) is 11.2. The average molecular weight is 374 g/mol. The van der Waals surface area contributed by atoms with Crippen molar-refractivity contribution in [2.24, 2.45) is 5.92 Å². The summed E-state index contributed by atoms with van der Waals surface area (Å²) in [6.07, 6.45) is 1.37. The maximum Gasteiger partial charge on any atom is 0.410 e. The van der Waals surface area contributed by atoms with Crippen molar-refractivity contribution in [1.82, 2.24) is 4.90 Å². The molecule has 4 nitrogen and oxygen atoms in total. The highest BCUT2D eigenvalue weighted by atomic mass is 35.5. The molecule has 1 N–H and O–H groups in total. The molecule has 24 heavy (non-hydrogen) atoms. The van der Waals surface area contributed by atoms with Crippen LogP contribution in [0.2, 0.25) is 10.0 Å². The van der Waals surface area contributed by atoms with Crippen LogP contribution in [0.25, 0.3) is 0 Å². The Balaban J connectivity index is 2.24. The molecule has 0 saturated carbocycles. The molecule has 1 amide bonds. The van der Waals surface area contributed by atoms with E-state index < -0.39 is 5.60 Å². The van der Waals surface area contributed by atoms with E-state index in [1.807, 2.05) is 32.9 Å². The molecule has 1 aliphatic rings. The van der Waals surface area contributed by atoms with Crippen LogP contribution < -0.4 is 0 Å². The van der Waals surface area contributed by atoms with Crippen molar-refractivity contribution in [3.63, 3.8) is 0 Å². The fourth-order valence-electron chi connectivity index (χ4n) is 3.05. The summed E-state index contributed by atoms with van der Waals surface area (Å²) in [5, 5.41) is 10.8. The molecule has 1 saturated heterocycles. The Morgan fingerprint density at radius 1 is 1.33 bits per heavy atom. The van der Waals surface area contributed by atoms with Gasteiger partial charge in [-0.1, -0.05) is 29.3 Å². The third kappa shape index (κ3) is 5.01. The van der Waals surface area contributed by atoms with E-state index in [4.69, 9.17) is 27.9 Å². The number of nitrogens with zero attached hydrogens (tertiary/aromatic N) is 1. The molecule has 0 aliphatic carbocycles. The van der Waals surface area contributed by atoms with Crippen molar-refractivity contribution >= 4 is 29.3 Å². The fraction of sp³-hybridized carbons (Fsp3) is 0.611. The summed E-state index contributed by atoms with van der Waals surface area (Å²) in [6.45, 7) is 6.77. The molecule has 1 heterocycles. The number of hydrogen-bond acceptors (Lipinski definition) is 3. The van der Waals surface area contributed by atoms with E-state index in [0.29, 0.717) is 23.1 Å². The van der Waals surface area contributed by atoms with Gasteiger partial charge in [0, 0.05) is 25.6 Å². The largest absolute Gasteiger partial charge is 0.444 e. The van der Waals surface area contributed by atoms with Crippen molar-refractivity contribution in [2.75, 3.05) is 19.7 Å². The normalized spacial score (nSPS) is 22.2. The van der Waals surface area contributed by atoms with Crippen molar-refractivity contribution < 1.29 is 14.6 Å². The Morgan fingerprint density at radius 3 is 2.62 bits per heavy atom. The van der Waals surface area contributed by atoms with Gasteiger partial charge in [-0.3, -0.25) is 0 Å². The maximum atomic E-state index is 12.5. The molecule has 0 spiro atoms. The zero-order chi connectivity index (χ0) is 17.9. The van der Waals surface area contributed by atoms with Gasteiger partial charge < -0.3 is 14.7 Å². The molecule has 1 aromatic carbocycles. The van der Waals surface area contributed by atoms with Gasteiger partial charge in [0.2, 0.25) is 0 Å². The molecule has 134 valence electrons. The molecule has 1 aromatic rings. The van der Waals surface area contributed by atoms with Gasteiger partial charge in [-0.25, -0.2) is 4.79 Å². The summed E-state index contributed by atoms with van der Waals surface area (Å²) in [6, 6.07) is 5.51. The highest BCUT2D eigenvalue weighted by Crippen LogP contribution is 2.35. The van der Waals surface area contributed by atoms with Gasteiger partial charge in [-0.05, 0) is 57.2 Å². The number of aliphatic hydroxyl groups is 1. The van der Waals surface area contributed by atoms with Gasteiger partial charge in [0.1, 0.15) is 5.60 Å². The second kappa shape index (κ2) is 7.94. The monoisotopic (exact) mass is 373 g/mol. The number of aliphatic hydroxyl groups excluding tert-OH is 1. The van der Waals surface area contributed by atoms with Crippen molar-refractivity contribution in [2.45, 2.75) is 45.1 Å². The molecule has 0 aromatic heterocycles. The SMILES string of the molecule is CC(C)(C)OC(=O)N1CCCC(CO)C(c2ccc(Cl)c(Cl)c2)C1. The number of amides is 1. The number of halogens is 2. The quantitative estimate of drug-likeness (QED) is 0.815. The average Bonchev–Trinajstić information content (AvgIpc) is 2.70. The number of carbonyl (C=O) groups is 1. The Morgan fingerprint density at radius 2 is 2.04 bits per heavy atom. The highest BCUT2D eigenvalue weighted by molar-refractivity contribution is 6.42. The molecular formula is C18H25Cl2NO3. The standard InChI is InChI=1S/C18H25Cl2NO3/c1-18(2,3)24-17(23)21-8-4-5-13(11-22)14(10-21)12-6-7-15(19)16(20)9-12/h6-7,9,13-14,22H,4-5,8,10-11H2,1-3H3. The number of carbonyl (C=O) groups excluding carboxylic acids is 1. The van der Waals surface area contributed by atoms with E-state index in [2.05, 4.69) is 0 Å². The summed E-state index contributed by atoms with van der Waals surface area (Å²) in [4.78, 5) is 14.2. The number of ether oxygens (including phenoxy) is 1. The lowest BCUT2D eigenvalue weighted by Crippen LogP contribution is -2.39. The van der Waals surface area contributed by atoms with E-state index in [1.165, 1.54) is 0 Å². The Labute approximate surface area is 153 Å². The fourth-order valence-corrected chi connectivity index (χ4v) is 3.36. The van der Waals surface area contributed by atoms with Gasteiger partial charge in [0.15, 0.2) is 0 Å². The minimum atomic E-state index is -0.529. The molecule has 2 atom stereocenters. The van der Waals surface area contributed by atoms with Crippen molar-refractivity contribution in [3.8, 4) is 0 Å². The second-order valence-corrected chi connectivity index (χ2v) is 8.11. The van der Waals surface area contributed by atoms with Crippen LogP contribution in [-0.2, 0) is 4.74 Å². The first-order valence-corrected chi connectivity index (χ1v) is 9.00. The molecule has 1 aliphatic heterocycles. The van der Waals surface area contributed by atoms with Gasteiger partial charge >= 0.3 is 6.09 Å². The number of hydrogen-bond donors (Lipinski definition) is 1. The van der Waals surface area contributed by atoms with Crippen molar-refractivity contribution in [1.29, 1.82) is 0 Å². The minimum absolute atomic E-state index is 0.000199. The van der Waals surface area contributed by atoms with Crippen LogP contribution in [0.1, 0.15) is 45.1 Å². The van der Waals surface area contributed by atoms with Crippen LogP contribution in [0.3, 0.4) is 0 Å². The summed E-state index contributed by atoms with van der Waals surface area (Å²) < 4.78 is 5.51. The van der Waals surface area contributed by atoms with Crippen LogP contribution in [-0.4, -0.2) is 41.4 Å². The predicted octanol–water partition coefficient (Wildman–Crippen LogP) is 4.72. The number of benzene rings is 1. The molecule has 0 bridgehead atoms. The molecule has 1 fully saturated rings. The van der Waals surface area contributed by atoms with E-state index in [1.54, 1.807) is 11.0 Å². The smallest absolute Gasteiger partial charge is 0.410 e. The van der Waals surface area contributed by atoms with Gasteiger partial charge in [-0.15, -0.1) is 0 Å². The summed E-state index contributed by atoms with van der Waals surface area (Å²) in [5.74, 6) is 0.0782. The lowest BCUT2D eigenvalue weighted by molar-refractivity contribution is 0.0242. The van der Waals surface area contributed by atoms with Gasteiger partial charge in [-0.2, -0.15) is 0 Å². The first kappa shape index (κ1) is 19.4. The highest BCUT2D eigenvalue weighted by Gasteiger charge is 2.32. The molecule has 0 radical (unpaired) electrons. The van der Waals surface area contributed by atoms with Crippen molar-refractivity contribution in [3.05, 3.63) is 33.8 Å². The van der Waals surface area contributed by atoms with Gasteiger partial charge in [0.25, 0.3) is 0 Å². The zero-order valence-corrected chi connectivity index (χ0v) is 15.9. The molecule has 2 rings (SSSR count). The summed E-state index contributed by atoms with van der Waals surface area (Å²) in [5.41, 5.74) is 0.456. The first-order valence-electron chi connectivity index (χ1n) is 8.25. The number of rotatable bonds is 2. The molecular weight excluding hydrogens is 349 g/mol. The van der Waals surface area contributed by atoms with Crippen LogP contribution >= 0.6 is 23.2 Å². The van der Waals surface area contributed by atoms with Crippen LogP contribution in [0.5, 0.6) is 0 Å². The van der Waals surface area contributed by atoms with E-state index in [-0.39, 0.29) is 24.5 Å². The van der Waals surface area contributed by atoms with E-state index in [9.17, 15) is 9.90 Å². The third-order valence-corrected chi connectivity index (χ3v) is 4.99. The van der Waals surface area contributed by atoms with E-state index in [0.717, 1.165) is 18.4 Å². The second-order valence-electron chi connectivity index (χ2n) is 7.29. The van der Waals surface area contributed by atoms with Crippen LogP contribution in [0.4, 0.5) is 4.79 Å². The topological polar surface area (TPSA) is 49.8 Å². The Bertz CT molecular complexity index is 586. The van der Waals surface area contributed by atoms with Gasteiger partial charge in [0.05, 0.1) is 10.0 Å². The molecule has 6 heteroatoms. The third-order valence-electron chi connectivity index (χ3n) is 4.25. The lowest BCUT2D eigenvalue weighted by atomic mass is 9.84. The molecule has 2 unspecified atom stereocenters. The Kier molecular flexibility index (Phi) is 6.40. The number of likely N-dealkylation sites (tertiary alicyclic amines) is 1. The van der Waals surface area contributed by atoms with Crippen LogP contribution in [0.15, 0.2) is 18.2 Å². The summed E-state index contributed by atoms with van der Waals surface area (Å²) >= 11 is 12.2. The lowest BCUT2D eigenvalue weighted by Gasteiger charge is -2.30. The van der Waals surface area contributed by atoms with Crippen LogP contribution in [0, 0.1) is 5.92 Å². The minimum Gasteiger partial charge on any atom is -0.444 e. The zero-order valence-electron chi connectivity index (χ0n) is 14.4. The summed E-state index contributed by atoms with van der Waals surface area (Å²) in [7, 11) is 0.